The lowest BCUT2D eigenvalue weighted by Crippen LogP contribution is -2.64. The number of hydrogen-bond donors (Lipinski definition) is 3. The summed E-state index contributed by atoms with van der Waals surface area (Å²) in [5, 5.41) is 21.7. The summed E-state index contributed by atoms with van der Waals surface area (Å²) in [6.45, 7) is 1.03. The smallest absolute Gasteiger partial charge is 0.217 e. The van der Waals surface area contributed by atoms with Crippen LogP contribution in [0, 0.1) is 0 Å². The van der Waals surface area contributed by atoms with Crippen molar-refractivity contribution in [3.8, 4) is 0 Å². The summed E-state index contributed by atoms with van der Waals surface area (Å²) in [5.74, 6) is -0.308. The second-order valence-corrected chi connectivity index (χ2v) is 3.88. The highest BCUT2D eigenvalue weighted by atomic mass is 16.7. The van der Waals surface area contributed by atoms with E-state index in [4.69, 9.17) is 19.3 Å². The Hall–Kier alpha value is -0.730. The molecule has 2 unspecified atom stereocenters. The number of amides is 1. The number of rotatable bonds is 4. The van der Waals surface area contributed by atoms with E-state index in [0.717, 1.165) is 0 Å². The zero-order chi connectivity index (χ0) is 13.0. The summed E-state index contributed by atoms with van der Waals surface area (Å²) in [6.07, 6.45) is -3.24. The van der Waals surface area contributed by atoms with Crippen LogP contribution in [0.25, 0.3) is 0 Å². The molecule has 0 aromatic heterocycles. The largest absolute Gasteiger partial charge is 0.394 e. The maximum absolute atomic E-state index is 11.0. The van der Waals surface area contributed by atoms with Gasteiger partial charge in [-0.15, -0.1) is 0 Å². The quantitative estimate of drug-likeness (QED) is 0.545. The summed E-state index contributed by atoms with van der Waals surface area (Å²) in [6, 6.07) is -0.731. The first-order valence-electron chi connectivity index (χ1n) is 5.32. The van der Waals surface area contributed by atoms with E-state index in [-0.39, 0.29) is 12.5 Å². The zero-order valence-corrected chi connectivity index (χ0v) is 10.1. The van der Waals surface area contributed by atoms with E-state index >= 15 is 0 Å². The van der Waals surface area contributed by atoms with Gasteiger partial charge < -0.3 is 29.7 Å². The lowest BCUT2D eigenvalue weighted by molar-refractivity contribution is -0.267. The lowest BCUT2D eigenvalue weighted by Gasteiger charge is -2.43. The van der Waals surface area contributed by atoms with Crippen molar-refractivity contribution in [3.63, 3.8) is 0 Å². The second-order valence-electron chi connectivity index (χ2n) is 3.88. The maximum Gasteiger partial charge on any atom is 0.217 e. The molecule has 1 aliphatic rings. The Morgan fingerprint density at radius 1 is 1.41 bits per heavy atom. The molecule has 100 valence electrons. The molecule has 1 heterocycles. The van der Waals surface area contributed by atoms with Gasteiger partial charge in [0.1, 0.15) is 24.4 Å². The van der Waals surface area contributed by atoms with Crippen molar-refractivity contribution in [2.24, 2.45) is 0 Å². The SMILES string of the molecule is CO[C@@H]1OC(CO)[C@H](OC)[C@H](O)C1NC(C)=O. The van der Waals surface area contributed by atoms with Crippen molar-refractivity contribution in [3.05, 3.63) is 0 Å². The predicted molar refractivity (Wildman–Crippen MR) is 57.2 cm³/mol. The number of nitrogens with one attached hydrogen (secondary N) is 1. The third-order valence-electron chi connectivity index (χ3n) is 2.73. The second kappa shape index (κ2) is 6.27. The van der Waals surface area contributed by atoms with Crippen LogP contribution in [0.1, 0.15) is 6.92 Å². The molecule has 1 aliphatic heterocycles. The highest BCUT2D eigenvalue weighted by molar-refractivity contribution is 5.73. The molecule has 0 radical (unpaired) electrons. The third kappa shape index (κ3) is 3.14. The molecule has 7 nitrogen and oxygen atoms in total. The molecule has 1 rings (SSSR count). The van der Waals surface area contributed by atoms with E-state index in [9.17, 15) is 9.90 Å². The van der Waals surface area contributed by atoms with Crippen LogP contribution in [0.2, 0.25) is 0 Å². The first-order valence-corrected chi connectivity index (χ1v) is 5.32. The topological polar surface area (TPSA) is 97.2 Å². The van der Waals surface area contributed by atoms with E-state index < -0.39 is 30.6 Å². The Labute approximate surface area is 99.7 Å². The summed E-state index contributed by atoms with van der Waals surface area (Å²) < 4.78 is 15.5. The minimum Gasteiger partial charge on any atom is -0.394 e. The normalized spacial score (nSPS) is 37.8. The van der Waals surface area contributed by atoms with Gasteiger partial charge in [0.05, 0.1) is 6.61 Å². The first kappa shape index (κ1) is 14.3. The van der Waals surface area contributed by atoms with Gasteiger partial charge in [0.2, 0.25) is 5.91 Å². The molecular formula is C10H19NO6. The molecule has 3 N–H and O–H groups in total. The highest BCUT2D eigenvalue weighted by Gasteiger charge is 2.45. The molecule has 1 fully saturated rings. The van der Waals surface area contributed by atoms with Gasteiger partial charge in [-0.05, 0) is 0 Å². The fourth-order valence-corrected chi connectivity index (χ4v) is 1.95. The molecular weight excluding hydrogens is 230 g/mol. The van der Waals surface area contributed by atoms with Gasteiger partial charge in [-0.25, -0.2) is 0 Å². The average molecular weight is 249 g/mol. The van der Waals surface area contributed by atoms with Crippen LogP contribution in [0.3, 0.4) is 0 Å². The maximum atomic E-state index is 11.0. The van der Waals surface area contributed by atoms with Crippen LogP contribution in [0.15, 0.2) is 0 Å². The Balaban J connectivity index is 2.83. The van der Waals surface area contributed by atoms with E-state index in [0.29, 0.717) is 0 Å². The Kier molecular flexibility index (Phi) is 5.29. The molecule has 0 bridgehead atoms. The number of aliphatic hydroxyl groups is 2. The zero-order valence-electron chi connectivity index (χ0n) is 10.1. The van der Waals surface area contributed by atoms with Gasteiger partial charge in [0.15, 0.2) is 6.29 Å². The van der Waals surface area contributed by atoms with Gasteiger partial charge in [0.25, 0.3) is 0 Å². The van der Waals surface area contributed by atoms with Crippen molar-refractivity contribution in [2.75, 3.05) is 20.8 Å². The van der Waals surface area contributed by atoms with Crippen molar-refractivity contribution in [1.82, 2.24) is 5.32 Å². The van der Waals surface area contributed by atoms with Gasteiger partial charge in [-0.2, -0.15) is 0 Å². The van der Waals surface area contributed by atoms with Crippen LogP contribution < -0.4 is 5.32 Å². The van der Waals surface area contributed by atoms with E-state index in [1.165, 1.54) is 21.1 Å². The van der Waals surface area contributed by atoms with Crippen LogP contribution in [0.4, 0.5) is 0 Å². The van der Waals surface area contributed by atoms with Gasteiger partial charge >= 0.3 is 0 Å². The predicted octanol–water partition coefficient (Wildman–Crippen LogP) is -1.77. The molecule has 5 atom stereocenters. The minimum absolute atomic E-state index is 0.303. The lowest BCUT2D eigenvalue weighted by atomic mass is 9.96. The van der Waals surface area contributed by atoms with Crippen LogP contribution in [-0.4, -0.2) is 67.6 Å². The monoisotopic (exact) mass is 249 g/mol. The van der Waals surface area contributed by atoms with E-state index in [1.54, 1.807) is 0 Å². The van der Waals surface area contributed by atoms with Crippen LogP contribution in [0.5, 0.6) is 0 Å². The number of carbonyl (C=O) groups is 1. The Morgan fingerprint density at radius 3 is 2.47 bits per heavy atom. The van der Waals surface area contributed by atoms with E-state index in [2.05, 4.69) is 5.32 Å². The van der Waals surface area contributed by atoms with Crippen molar-refractivity contribution in [1.29, 1.82) is 0 Å². The number of carbonyl (C=O) groups excluding carboxylic acids is 1. The molecule has 0 aromatic carbocycles. The molecule has 7 heteroatoms. The van der Waals surface area contributed by atoms with Gasteiger partial charge in [-0.3, -0.25) is 4.79 Å². The van der Waals surface area contributed by atoms with Gasteiger partial charge in [-0.1, -0.05) is 0 Å². The number of aliphatic hydroxyl groups excluding tert-OH is 2. The van der Waals surface area contributed by atoms with Crippen LogP contribution in [-0.2, 0) is 19.0 Å². The fraction of sp³-hybridized carbons (Fsp3) is 0.900. The first-order chi connectivity index (χ1) is 8.04. The fourth-order valence-electron chi connectivity index (χ4n) is 1.95. The molecule has 0 aliphatic carbocycles. The number of hydrogen-bond acceptors (Lipinski definition) is 6. The standard InChI is InChI=1S/C10H19NO6/c1-5(13)11-7-8(14)9(15-2)6(4-12)17-10(7)16-3/h6-10,12,14H,4H2,1-3H3,(H,11,13)/t6?,7?,8-,9+,10-/m1/s1. The molecule has 1 amide bonds. The van der Waals surface area contributed by atoms with Crippen molar-refractivity contribution < 1.29 is 29.2 Å². The summed E-state index contributed by atoms with van der Waals surface area (Å²) >= 11 is 0. The summed E-state index contributed by atoms with van der Waals surface area (Å²) in [7, 11) is 2.80. The Morgan fingerprint density at radius 2 is 2.06 bits per heavy atom. The van der Waals surface area contributed by atoms with Crippen LogP contribution >= 0.6 is 0 Å². The van der Waals surface area contributed by atoms with Crippen molar-refractivity contribution >= 4 is 5.91 Å². The Bertz CT molecular complexity index is 261. The minimum atomic E-state index is -1.01. The highest BCUT2D eigenvalue weighted by Crippen LogP contribution is 2.23. The number of ether oxygens (including phenoxy) is 3. The van der Waals surface area contributed by atoms with Crippen molar-refractivity contribution in [2.45, 2.75) is 37.6 Å². The molecule has 0 spiro atoms. The molecule has 1 saturated heterocycles. The molecule has 17 heavy (non-hydrogen) atoms. The number of methoxy groups -OCH3 is 2. The average Bonchev–Trinajstić information content (AvgIpc) is 2.30. The van der Waals surface area contributed by atoms with E-state index in [1.807, 2.05) is 0 Å². The molecule has 0 saturated carbocycles. The van der Waals surface area contributed by atoms with Gasteiger partial charge in [0, 0.05) is 21.1 Å². The summed E-state index contributed by atoms with van der Waals surface area (Å²) in [4.78, 5) is 11.0. The summed E-state index contributed by atoms with van der Waals surface area (Å²) in [5.41, 5.74) is 0. The third-order valence-corrected chi connectivity index (χ3v) is 2.73. The molecule has 0 aromatic rings.